The van der Waals surface area contributed by atoms with Crippen LogP contribution in [0, 0.1) is 0 Å². The van der Waals surface area contributed by atoms with Crippen LogP contribution in [0.2, 0.25) is 0 Å². The molecule has 156 valence electrons. The molecule has 29 heavy (non-hydrogen) atoms. The second-order valence-electron chi connectivity index (χ2n) is 7.09. The Labute approximate surface area is 172 Å². The Morgan fingerprint density at radius 2 is 1.66 bits per heavy atom. The zero-order valence-corrected chi connectivity index (χ0v) is 17.4. The molecule has 2 aromatic carbocycles. The van der Waals surface area contributed by atoms with Crippen LogP contribution in [-0.4, -0.2) is 58.3 Å². The fraction of sp³-hybridized carbons (Fsp3) is 0.381. The maximum absolute atomic E-state index is 12.3. The third kappa shape index (κ3) is 6.56. The van der Waals surface area contributed by atoms with E-state index >= 15 is 0 Å². The Morgan fingerprint density at radius 1 is 1.03 bits per heavy atom. The molecule has 7 nitrogen and oxygen atoms in total. The molecule has 1 heterocycles. The minimum atomic E-state index is -3.56. The molecular weight excluding hydrogens is 390 g/mol. The minimum absolute atomic E-state index is 0.252. The van der Waals surface area contributed by atoms with Crippen LogP contribution in [0.15, 0.2) is 54.6 Å². The molecule has 1 aliphatic heterocycles. The van der Waals surface area contributed by atoms with Crippen molar-refractivity contribution < 1.29 is 17.9 Å². The molecule has 0 radical (unpaired) electrons. The average Bonchev–Trinajstić information content (AvgIpc) is 2.72. The average molecular weight is 418 g/mol. The number of morpholine rings is 1. The van der Waals surface area contributed by atoms with Crippen molar-refractivity contribution in [2.24, 2.45) is 0 Å². The molecule has 2 aromatic rings. The van der Waals surface area contributed by atoms with Crippen molar-refractivity contribution in [3.8, 4) is 0 Å². The second kappa shape index (κ2) is 9.87. The van der Waals surface area contributed by atoms with Crippen molar-refractivity contribution in [1.29, 1.82) is 0 Å². The van der Waals surface area contributed by atoms with Crippen LogP contribution in [0.25, 0.3) is 0 Å². The highest BCUT2D eigenvalue weighted by molar-refractivity contribution is 7.92. The molecule has 1 amide bonds. The summed E-state index contributed by atoms with van der Waals surface area (Å²) in [4.78, 5) is 14.7. The number of nitrogens with one attached hydrogen (secondary N) is 1. The molecule has 0 aliphatic carbocycles. The van der Waals surface area contributed by atoms with Gasteiger partial charge in [0.25, 0.3) is 0 Å². The fourth-order valence-corrected chi connectivity index (χ4v) is 4.02. The Kier molecular flexibility index (Phi) is 7.24. The van der Waals surface area contributed by atoms with Crippen molar-refractivity contribution in [3.63, 3.8) is 0 Å². The number of anilines is 1. The van der Waals surface area contributed by atoms with Gasteiger partial charge < -0.3 is 10.1 Å². The van der Waals surface area contributed by atoms with E-state index in [1.54, 1.807) is 30.3 Å². The lowest BCUT2D eigenvalue weighted by atomic mass is 10.1. The summed E-state index contributed by atoms with van der Waals surface area (Å²) in [5.41, 5.74) is 2.65. The number of carbonyl (C=O) groups is 1. The predicted molar refractivity (Wildman–Crippen MR) is 113 cm³/mol. The molecule has 1 saturated heterocycles. The van der Waals surface area contributed by atoms with Gasteiger partial charge in [-0.25, -0.2) is 8.42 Å². The van der Waals surface area contributed by atoms with Gasteiger partial charge in [0, 0.05) is 26.2 Å². The zero-order chi connectivity index (χ0) is 20.7. The summed E-state index contributed by atoms with van der Waals surface area (Å²) in [6.07, 6.45) is 1.10. The monoisotopic (exact) mass is 417 g/mol. The molecule has 0 unspecified atom stereocenters. The van der Waals surface area contributed by atoms with Gasteiger partial charge in [-0.2, -0.15) is 0 Å². The zero-order valence-electron chi connectivity index (χ0n) is 16.6. The molecule has 0 atom stereocenters. The Bertz CT molecular complexity index is 895. The first-order valence-electron chi connectivity index (χ1n) is 9.59. The number of hydrogen-bond donors (Lipinski definition) is 1. The van der Waals surface area contributed by atoms with Gasteiger partial charge in [-0.1, -0.05) is 42.5 Å². The van der Waals surface area contributed by atoms with E-state index in [1.807, 2.05) is 12.1 Å². The number of hydrogen-bond acceptors (Lipinski definition) is 5. The fourth-order valence-electron chi connectivity index (χ4n) is 3.16. The number of rotatable bonds is 8. The molecule has 0 saturated carbocycles. The van der Waals surface area contributed by atoms with Gasteiger partial charge in [-0.3, -0.25) is 14.0 Å². The molecular formula is C21H27N3O4S. The highest BCUT2D eigenvalue weighted by Crippen LogP contribution is 2.16. The summed E-state index contributed by atoms with van der Waals surface area (Å²) in [6.45, 7) is 4.42. The van der Waals surface area contributed by atoms with Crippen LogP contribution in [0.5, 0.6) is 0 Å². The van der Waals surface area contributed by atoms with E-state index in [2.05, 4.69) is 22.3 Å². The van der Waals surface area contributed by atoms with Gasteiger partial charge in [0.05, 0.1) is 25.2 Å². The maximum Gasteiger partial charge on any atom is 0.241 e. The van der Waals surface area contributed by atoms with E-state index in [0.717, 1.165) is 49.0 Å². The third-order valence-corrected chi connectivity index (χ3v) is 5.89. The topological polar surface area (TPSA) is 79.0 Å². The number of carbonyl (C=O) groups excluding carboxylic acids is 1. The molecule has 1 aliphatic rings. The first-order chi connectivity index (χ1) is 13.9. The van der Waals surface area contributed by atoms with Gasteiger partial charge in [0.2, 0.25) is 15.9 Å². The first kappa shape index (κ1) is 21.3. The van der Waals surface area contributed by atoms with Gasteiger partial charge >= 0.3 is 0 Å². The highest BCUT2D eigenvalue weighted by Gasteiger charge is 2.20. The second-order valence-corrected chi connectivity index (χ2v) is 8.99. The minimum Gasteiger partial charge on any atom is -0.379 e. The number of ether oxygens (including phenoxy) is 1. The predicted octanol–water partition coefficient (Wildman–Crippen LogP) is 1.60. The Balaban J connectivity index is 1.53. The lowest BCUT2D eigenvalue weighted by Gasteiger charge is -2.26. The normalized spacial score (nSPS) is 15.1. The summed E-state index contributed by atoms with van der Waals surface area (Å²) >= 11 is 0. The third-order valence-electron chi connectivity index (χ3n) is 4.75. The number of para-hydroxylation sites is 1. The smallest absolute Gasteiger partial charge is 0.241 e. The lowest BCUT2D eigenvalue weighted by molar-refractivity contribution is -0.119. The van der Waals surface area contributed by atoms with E-state index in [1.165, 1.54) is 5.56 Å². The number of benzene rings is 2. The Morgan fingerprint density at radius 3 is 2.28 bits per heavy atom. The number of sulfonamides is 1. The van der Waals surface area contributed by atoms with Crippen LogP contribution >= 0.6 is 0 Å². The molecule has 3 rings (SSSR count). The molecule has 0 aromatic heterocycles. The molecule has 1 fully saturated rings. The van der Waals surface area contributed by atoms with Crippen LogP contribution < -0.4 is 9.62 Å². The summed E-state index contributed by atoms with van der Waals surface area (Å²) in [5, 5.41) is 2.80. The SMILES string of the molecule is CS(=O)(=O)N(CC(=O)NCc1ccc(CN2CCOCC2)cc1)c1ccccc1. The van der Waals surface area contributed by atoms with Crippen molar-refractivity contribution in [3.05, 3.63) is 65.7 Å². The van der Waals surface area contributed by atoms with Crippen molar-refractivity contribution >= 4 is 21.6 Å². The van der Waals surface area contributed by atoms with Crippen LogP contribution in [-0.2, 0) is 32.6 Å². The summed E-state index contributed by atoms with van der Waals surface area (Å²) in [5.74, 6) is -0.350. The van der Waals surface area contributed by atoms with E-state index in [4.69, 9.17) is 4.74 Å². The number of amides is 1. The molecule has 0 spiro atoms. The van der Waals surface area contributed by atoms with Crippen molar-refractivity contribution in [2.45, 2.75) is 13.1 Å². The summed E-state index contributed by atoms with van der Waals surface area (Å²) < 4.78 is 30.6. The van der Waals surface area contributed by atoms with Crippen LogP contribution in [0.4, 0.5) is 5.69 Å². The van der Waals surface area contributed by atoms with E-state index in [0.29, 0.717) is 12.2 Å². The van der Waals surface area contributed by atoms with Crippen molar-refractivity contribution in [2.75, 3.05) is 43.4 Å². The number of nitrogens with zero attached hydrogens (tertiary/aromatic N) is 2. The lowest BCUT2D eigenvalue weighted by Crippen LogP contribution is -2.40. The first-order valence-corrected chi connectivity index (χ1v) is 11.4. The molecule has 0 bridgehead atoms. The highest BCUT2D eigenvalue weighted by atomic mass is 32.2. The van der Waals surface area contributed by atoms with E-state index < -0.39 is 10.0 Å². The van der Waals surface area contributed by atoms with Crippen LogP contribution in [0.1, 0.15) is 11.1 Å². The quantitative estimate of drug-likeness (QED) is 0.706. The maximum atomic E-state index is 12.3. The summed E-state index contributed by atoms with van der Waals surface area (Å²) in [6, 6.07) is 16.7. The largest absolute Gasteiger partial charge is 0.379 e. The van der Waals surface area contributed by atoms with Gasteiger partial charge in [0.15, 0.2) is 0 Å². The molecule has 1 N–H and O–H groups in total. The Hall–Kier alpha value is -2.42. The van der Waals surface area contributed by atoms with Gasteiger partial charge in [-0.05, 0) is 23.3 Å². The van der Waals surface area contributed by atoms with E-state index in [9.17, 15) is 13.2 Å². The molecule has 8 heteroatoms. The van der Waals surface area contributed by atoms with Crippen LogP contribution in [0.3, 0.4) is 0 Å². The van der Waals surface area contributed by atoms with Crippen molar-refractivity contribution in [1.82, 2.24) is 10.2 Å². The summed E-state index contributed by atoms with van der Waals surface area (Å²) in [7, 11) is -3.56. The van der Waals surface area contributed by atoms with Gasteiger partial charge in [0.1, 0.15) is 6.54 Å². The van der Waals surface area contributed by atoms with Gasteiger partial charge in [-0.15, -0.1) is 0 Å². The standard InChI is InChI=1S/C21H27N3O4S/c1-29(26,27)24(20-5-3-2-4-6-20)17-21(25)22-15-18-7-9-19(10-8-18)16-23-11-13-28-14-12-23/h2-10H,11-17H2,1H3,(H,22,25). The van der Waals surface area contributed by atoms with E-state index in [-0.39, 0.29) is 12.5 Å².